The van der Waals surface area contributed by atoms with Crippen LogP contribution in [0, 0.1) is 5.82 Å². The Morgan fingerprint density at radius 1 is 1.13 bits per heavy atom. The molecule has 5 N–H and O–H groups in total. The number of nitrogens with two attached hydrogens (primary N) is 2. The molecular formula is C26H24FN5O5S. The summed E-state index contributed by atoms with van der Waals surface area (Å²) in [5.41, 5.74) is 12.1. The van der Waals surface area contributed by atoms with Crippen LogP contribution in [0.5, 0.6) is 5.75 Å². The van der Waals surface area contributed by atoms with Gasteiger partial charge in [0.05, 0.1) is 25.6 Å². The first-order valence-electron chi connectivity index (χ1n) is 11.3. The van der Waals surface area contributed by atoms with Crippen LogP contribution in [0.1, 0.15) is 43.1 Å². The molecule has 3 amide bonds. The van der Waals surface area contributed by atoms with Crippen molar-refractivity contribution in [2.24, 2.45) is 5.73 Å². The summed E-state index contributed by atoms with van der Waals surface area (Å²) in [5, 5.41) is 2.84. The zero-order valence-corrected chi connectivity index (χ0v) is 21.0. The molecule has 0 saturated carbocycles. The lowest BCUT2D eigenvalue weighted by atomic mass is 10.0. The molecule has 0 aliphatic carbocycles. The minimum Gasteiger partial charge on any atom is -0.497 e. The minimum absolute atomic E-state index is 0.0691. The molecule has 0 fully saturated rings. The first-order valence-corrected chi connectivity index (χ1v) is 12.1. The summed E-state index contributed by atoms with van der Waals surface area (Å²) < 4.78 is 28.3. The zero-order chi connectivity index (χ0) is 27.2. The number of ether oxygens (including phenoxy) is 1. The van der Waals surface area contributed by atoms with Crippen molar-refractivity contribution in [3.05, 3.63) is 100 Å². The van der Waals surface area contributed by atoms with Crippen molar-refractivity contribution in [2.75, 3.05) is 12.8 Å². The number of halogens is 1. The fourth-order valence-electron chi connectivity index (χ4n) is 3.76. The Bertz CT molecular complexity index is 1420. The molecule has 1 unspecified atom stereocenters. The fraction of sp³-hybridized carbons (Fsp3) is 0.154. The van der Waals surface area contributed by atoms with Gasteiger partial charge < -0.3 is 30.8 Å². The molecular weight excluding hydrogens is 513 g/mol. The number of methoxy groups -OCH3 is 1. The standard InChI is InChI=1S/C26H24FN5O5S/c1-36-18-10-4-15(5-11-18)13-30-25(34)22(16-6-8-17(27)9-7-16)32(14-19-3-2-12-37-19)26(35)23-20(28)21(24(29)33)31-38-23/h2-12,22H,13-14,28H2,1H3,(H2,29,33)(H,30,34). The Kier molecular flexibility index (Phi) is 8.02. The molecule has 0 radical (unpaired) electrons. The molecule has 1 atom stereocenters. The van der Waals surface area contributed by atoms with E-state index in [1.165, 1.54) is 35.4 Å². The highest BCUT2D eigenvalue weighted by atomic mass is 32.1. The average Bonchev–Trinajstić information content (AvgIpc) is 3.57. The minimum atomic E-state index is -1.22. The van der Waals surface area contributed by atoms with E-state index in [1.807, 2.05) is 0 Å². The number of benzene rings is 2. The van der Waals surface area contributed by atoms with Crippen LogP contribution < -0.4 is 21.5 Å². The van der Waals surface area contributed by atoms with Crippen LogP contribution in [0.2, 0.25) is 0 Å². The van der Waals surface area contributed by atoms with E-state index in [2.05, 4.69) is 9.69 Å². The van der Waals surface area contributed by atoms with Gasteiger partial charge in [0.25, 0.3) is 11.8 Å². The Balaban J connectivity index is 1.72. The number of amides is 3. The molecule has 0 saturated heterocycles. The second-order valence-corrected chi connectivity index (χ2v) is 8.94. The third kappa shape index (κ3) is 5.81. The highest BCUT2D eigenvalue weighted by Crippen LogP contribution is 2.30. The highest BCUT2D eigenvalue weighted by molar-refractivity contribution is 7.09. The third-order valence-electron chi connectivity index (χ3n) is 5.69. The van der Waals surface area contributed by atoms with Gasteiger partial charge in [-0.25, -0.2) is 4.39 Å². The van der Waals surface area contributed by atoms with Gasteiger partial charge in [0.1, 0.15) is 28.2 Å². The van der Waals surface area contributed by atoms with Crippen LogP contribution in [-0.4, -0.2) is 34.1 Å². The number of hydrogen-bond donors (Lipinski definition) is 3. The maximum atomic E-state index is 13.8. The predicted molar refractivity (Wildman–Crippen MR) is 138 cm³/mol. The maximum Gasteiger partial charge on any atom is 0.270 e. The molecule has 0 aliphatic heterocycles. The summed E-state index contributed by atoms with van der Waals surface area (Å²) in [5.74, 6) is -1.57. The SMILES string of the molecule is COc1ccc(CNC(=O)C(c2ccc(F)cc2)N(Cc2ccco2)C(=O)c2snc(C(N)=O)c2N)cc1. The van der Waals surface area contributed by atoms with Gasteiger partial charge in [-0.05, 0) is 59.1 Å². The topological polar surface area (TPSA) is 154 Å². The molecule has 4 aromatic rings. The smallest absolute Gasteiger partial charge is 0.270 e. The summed E-state index contributed by atoms with van der Waals surface area (Å²) in [4.78, 5) is 40.3. The van der Waals surface area contributed by atoms with Crippen molar-refractivity contribution >= 4 is 34.9 Å². The van der Waals surface area contributed by atoms with Gasteiger partial charge in [0, 0.05) is 6.54 Å². The molecule has 0 aliphatic rings. The lowest BCUT2D eigenvalue weighted by Crippen LogP contribution is -2.43. The van der Waals surface area contributed by atoms with Gasteiger partial charge in [0.2, 0.25) is 5.91 Å². The lowest BCUT2D eigenvalue weighted by molar-refractivity contribution is -0.126. The van der Waals surface area contributed by atoms with Crippen LogP contribution in [0.3, 0.4) is 0 Å². The summed E-state index contributed by atoms with van der Waals surface area (Å²) in [7, 11) is 1.55. The van der Waals surface area contributed by atoms with Crippen LogP contribution in [0.15, 0.2) is 71.3 Å². The molecule has 10 nitrogen and oxygen atoms in total. The number of nitrogens with zero attached hydrogens (tertiary/aromatic N) is 2. The summed E-state index contributed by atoms with van der Waals surface area (Å²) >= 11 is 0.693. The molecule has 12 heteroatoms. The first-order chi connectivity index (χ1) is 18.3. The molecule has 0 bridgehead atoms. The van der Waals surface area contributed by atoms with Gasteiger partial charge >= 0.3 is 0 Å². The lowest BCUT2D eigenvalue weighted by Gasteiger charge is -2.30. The van der Waals surface area contributed by atoms with E-state index in [1.54, 1.807) is 43.5 Å². The van der Waals surface area contributed by atoms with E-state index in [-0.39, 0.29) is 29.3 Å². The number of hydrogen-bond acceptors (Lipinski definition) is 8. The number of primary amides is 1. The fourth-order valence-corrected chi connectivity index (χ4v) is 4.52. The molecule has 4 rings (SSSR count). The number of carbonyl (C=O) groups excluding carboxylic acids is 3. The number of carbonyl (C=O) groups is 3. The van der Waals surface area contributed by atoms with Crippen LogP contribution in [0.25, 0.3) is 0 Å². The normalized spacial score (nSPS) is 11.5. The Morgan fingerprint density at radius 3 is 2.42 bits per heavy atom. The van der Waals surface area contributed by atoms with Crippen molar-refractivity contribution in [3.63, 3.8) is 0 Å². The van der Waals surface area contributed by atoms with Crippen molar-refractivity contribution in [1.82, 2.24) is 14.6 Å². The predicted octanol–water partition coefficient (Wildman–Crippen LogP) is 3.27. The molecule has 2 aromatic carbocycles. The average molecular weight is 538 g/mol. The second kappa shape index (κ2) is 11.6. The van der Waals surface area contributed by atoms with Crippen molar-refractivity contribution in [2.45, 2.75) is 19.1 Å². The quantitative estimate of drug-likeness (QED) is 0.281. The van der Waals surface area contributed by atoms with Gasteiger partial charge in [-0.15, -0.1) is 0 Å². The number of rotatable bonds is 10. The van der Waals surface area contributed by atoms with E-state index in [4.69, 9.17) is 20.6 Å². The molecule has 0 spiro atoms. The van der Waals surface area contributed by atoms with Crippen molar-refractivity contribution < 1.29 is 27.9 Å². The molecule has 196 valence electrons. The molecule has 2 heterocycles. The van der Waals surface area contributed by atoms with E-state index in [9.17, 15) is 18.8 Å². The van der Waals surface area contributed by atoms with Crippen LogP contribution in [-0.2, 0) is 17.9 Å². The maximum absolute atomic E-state index is 13.8. The van der Waals surface area contributed by atoms with Crippen LogP contribution in [0.4, 0.5) is 10.1 Å². The zero-order valence-electron chi connectivity index (χ0n) is 20.2. The van der Waals surface area contributed by atoms with Crippen LogP contribution >= 0.6 is 11.5 Å². The van der Waals surface area contributed by atoms with E-state index < -0.39 is 29.6 Å². The number of nitrogen functional groups attached to an aromatic ring is 1. The Labute approximate surface area is 221 Å². The Morgan fingerprint density at radius 2 is 1.84 bits per heavy atom. The Hall–Kier alpha value is -4.71. The summed E-state index contributed by atoms with van der Waals surface area (Å²) in [6.07, 6.45) is 1.43. The second-order valence-electron chi connectivity index (χ2n) is 8.17. The monoisotopic (exact) mass is 537 g/mol. The van der Waals surface area contributed by atoms with E-state index in [0.29, 0.717) is 28.6 Å². The van der Waals surface area contributed by atoms with Gasteiger partial charge in [-0.2, -0.15) is 4.37 Å². The summed E-state index contributed by atoms with van der Waals surface area (Å²) in [6, 6.07) is 14.4. The molecule has 38 heavy (non-hydrogen) atoms. The van der Waals surface area contributed by atoms with Crippen molar-refractivity contribution in [1.29, 1.82) is 0 Å². The largest absolute Gasteiger partial charge is 0.497 e. The van der Waals surface area contributed by atoms with E-state index in [0.717, 1.165) is 5.56 Å². The van der Waals surface area contributed by atoms with E-state index >= 15 is 0 Å². The number of aromatic nitrogens is 1. The van der Waals surface area contributed by atoms with Gasteiger partial charge in [-0.1, -0.05) is 24.3 Å². The van der Waals surface area contributed by atoms with Gasteiger partial charge in [-0.3, -0.25) is 14.4 Å². The van der Waals surface area contributed by atoms with Crippen molar-refractivity contribution in [3.8, 4) is 5.75 Å². The number of anilines is 1. The molecule has 2 aromatic heterocycles. The highest BCUT2D eigenvalue weighted by Gasteiger charge is 2.35. The van der Waals surface area contributed by atoms with Gasteiger partial charge in [0.15, 0.2) is 5.69 Å². The number of furan rings is 1. The third-order valence-corrected chi connectivity index (χ3v) is 6.55. The first kappa shape index (κ1) is 26.4. The summed E-state index contributed by atoms with van der Waals surface area (Å²) in [6.45, 7) is 0.0188. The number of nitrogens with one attached hydrogen (secondary N) is 1.